The van der Waals surface area contributed by atoms with Crippen molar-refractivity contribution in [2.24, 2.45) is 5.73 Å². The monoisotopic (exact) mass is 291 g/mol. The zero-order valence-electron chi connectivity index (χ0n) is 10.5. The van der Waals surface area contributed by atoms with Crippen LogP contribution in [0.15, 0.2) is 42.5 Å². The van der Waals surface area contributed by atoms with Crippen LogP contribution in [0.4, 0.5) is 0 Å². The minimum absolute atomic E-state index is 0.381. The summed E-state index contributed by atoms with van der Waals surface area (Å²) in [4.78, 5) is 0.381. The Morgan fingerprint density at radius 3 is 2.68 bits per heavy atom. The third-order valence-electron chi connectivity index (χ3n) is 2.81. The third-order valence-corrected chi connectivity index (χ3v) is 3.45. The first-order chi connectivity index (χ1) is 9.08. The summed E-state index contributed by atoms with van der Waals surface area (Å²) >= 11 is 11.0. The van der Waals surface area contributed by atoms with E-state index in [-0.39, 0.29) is 0 Å². The van der Waals surface area contributed by atoms with Gasteiger partial charge in [0.2, 0.25) is 0 Å². The molecule has 0 aliphatic heterocycles. The van der Waals surface area contributed by atoms with Gasteiger partial charge in [0.05, 0.1) is 0 Å². The van der Waals surface area contributed by atoms with E-state index in [0.29, 0.717) is 11.6 Å². The molecule has 2 rings (SSSR count). The van der Waals surface area contributed by atoms with E-state index in [9.17, 15) is 0 Å². The number of nitrogens with two attached hydrogens (primary N) is 1. The maximum atomic E-state index is 5.98. The maximum Gasteiger partial charge on any atom is 0.120 e. The fourth-order valence-corrected chi connectivity index (χ4v) is 2.07. The van der Waals surface area contributed by atoms with Crippen molar-refractivity contribution < 1.29 is 4.74 Å². The molecule has 0 amide bonds. The molecule has 98 valence electrons. The normalized spacial score (nSPS) is 10.2. The molecule has 2 aromatic rings. The minimum Gasteiger partial charge on any atom is -0.489 e. The smallest absolute Gasteiger partial charge is 0.120 e. The molecule has 0 unspecified atom stereocenters. The maximum absolute atomic E-state index is 5.98. The predicted molar refractivity (Wildman–Crippen MR) is 82.9 cm³/mol. The predicted octanol–water partition coefficient (Wildman–Crippen LogP) is 3.86. The lowest BCUT2D eigenvalue weighted by Gasteiger charge is -2.11. The highest BCUT2D eigenvalue weighted by atomic mass is 35.5. The minimum atomic E-state index is 0.381. The fourth-order valence-electron chi connectivity index (χ4n) is 1.75. The summed E-state index contributed by atoms with van der Waals surface area (Å²) in [5, 5.41) is 0.732. The second kappa shape index (κ2) is 6.04. The van der Waals surface area contributed by atoms with Crippen LogP contribution in [-0.2, 0) is 6.61 Å². The zero-order valence-corrected chi connectivity index (χ0v) is 12.1. The van der Waals surface area contributed by atoms with Gasteiger partial charge in [0.1, 0.15) is 17.3 Å². The van der Waals surface area contributed by atoms with E-state index in [2.05, 4.69) is 0 Å². The molecule has 2 nitrogen and oxygen atoms in total. The van der Waals surface area contributed by atoms with Gasteiger partial charge in [0.25, 0.3) is 0 Å². The van der Waals surface area contributed by atoms with Crippen LogP contribution in [0.3, 0.4) is 0 Å². The third kappa shape index (κ3) is 3.46. The Morgan fingerprint density at radius 2 is 2.00 bits per heavy atom. The molecule has 0 radical (unpaired) electrons. The first-order valence-corrected chi connectivity index (χ1v) is 6.63. The fraction of sp³-hybridized carbons (Fsp3) is 0.133. The number of rotatable bonds is 4. The molecular weight excluding hydrogens is 278 g/mol. The second-order valence-corrected chi connectivity index (χ2v) is 5.07. The molecule has 0 fully saturated rings. The Bertz CT molecular complexity index is 613. The second-order valence-electron chi connectivity index (χ2n) is 4.22. The van der Waals surface area contributed by atoms with Gasteiger partial charge in [0, 0.05) is 10.6 Å². The lowest BCUT2D eigenvalue weighted by molar-refractivity contribution is 0.306. The number of halogens is 1. The average Bonchev–Trinajstić information content (AvgIpc) is 2.40. The molecule has 0 atom stereocenters. The van der Waals surface area contributed by atoms with Gasteiger partial charge >= 0.3 is 0 Å². The summed E-state index contributed by atoms with van der Waals surface area (Å²) in [5.74, 6) is 0.777. The van der Waals surface area contributed by atoms with Crippen molar-refractivity contribution in [1.29, 1.82) is 0 Å². The Balaban J connectivity index is 2.14. The largest absolute Gasteiger partial charge is 0.489 e. The molecule has 0 aliphatic carbocycles. The number of thiocarbonyl (C=S) groups is 1. The lowest BCUT2D eigenvalue weighted by Crippen LogP contribution is -2.13. The van der Waals surface area contributed by atoms with E-state index in [1.165, 1.54) is 0 Å². The number of hydrogen-bond acceptors (Lipinski definition) is 2. The summed E-state index contributed by atoms with van der Waals surface area (Å²) in [5.41, 5.74) is 8.50. The Hall–Kier alpha value is -1.58. The molecule has 0 bridgehead atoms. The van der Waals surface area contributed by atoms with Crippen molar-refractivity contribution in [3.63, 3.8) is 0 Å². The van der Waals surface area contributed by atoms with E-state index in [4.69, 9.17) is 34.3 Å². The first-order valence-electron chi connectivity index (χ1n) is 5.84. The molecule has 0 spiro atoms. The van der Waals surface area contributed by atoms with Crippen LogP contribution in [0, 0.1) is 6.92 Å². The molecule has 0 aromatic heterocycles. The SMILES string of the molecule is Cc1cc(OCc2ccccc2C(N)=S)ccc1Cl. The summed E-state index contributed by atoms with van der Waals surface area (Å²) < 4.78 is 5.74. The van der Waals surface area contributed by atoms with Crippen LogP contribution in [0.25, 0.3) is 0 Å². The van der Waals surface area contributed by atoms with Gasteiger partial charge in [0.15, 0.2) is 0 Å². The van der Waals surface area contributed by atoms with Gasteiger partial charge in [-0.15, -0.1) is 0 Å². The molecule has 0 heterocycles. The van der Waals surface area contributed by atoms with Crippen molar-refractivity contribution in [1.82, 2.24) is 0 Å². The number of ether oxygens (including phenoxy) is 1. The number of hydrogen-bond donors (Lipinski definition) is 1. The van der Waals surface area contributed by atoms with E-state index in [0.717, 1.165) is 27.5 Å². The standard InChI is InChI=1S/C15H14ClNOS/c1-10-8-12(6-7-14(10)16)18-9-11-4-2-3-5-13(11)15(17)19/h2-8H,9H2,1H3,(H2,17,19). The molecule has 19 heavy (non-hydrogen) atoms. The van der Waals surface area contributed by atoms with Gasteiger partial charge in [-0.1, -0.05) is 48.1 Å². The van der Waals surface area contributed by atoms with Crippen LogP contribution in [0.2, 0.25) is 5.02 Å². The van der Waals surface area contributed by atoms with Gasteiger partial charge in [-0.05, 0) is 36.2 Å². The van der Waals surface area contributed by atoms with Gasteiger partial charge < -0.3 is 10.5 Å². The van der Waals surface area contributed by atoms with E-state index < -0.39 is 0 Å². The van der Waals surface area contributed by atoms with Crippen LogP contribution in [-0.4, -0.2) is 4.99 Å². The van der Waals surface area contributed by atoms with E-state index >= 15 is 0 Å². The van der Waals surface area contributed by atoms with Crippen molar-refractivity contribution in [2.45, 2.75) is 13.5 Å². The molecule has 2 aromatic carbocycles. The zero-order chi connectivity index (χ0) is 13.8. The Labute approximate surface area is 123 Å². The highest BCUT2D eigenvalue weighted by Crippen LogP contribution is 2.22. The average molecular weight is 292 g/mol. The number of benzene rings is 2. The number of aryl methyl sites for hydroxylation is 1. The topological polar surface area (TPSA) is 35.2 Å². The van der Waals surface area contributed by atoms with Crippen LogP contribution < -0.4 is 10.5 Å². The van der Waals surface area contributed by atoms with Crippen molar-refractivity contribution >= 4 is 28.8 Å². The molecule has 0 saturated carbocycles. The highest BCUT2D eigenvalue weighted by molar-refractivity contribution is 7.80. The molecular formula is C15H14ClNOS. The van der Waals surface area contributed by atoms with E-state index in [1.54, 1.807) is 0 Å². The molecule has 0 aliphatic rings. The molecule has 2 N–H and O–H groups in total. The highest BCUT2D eigenvalue weighted by Gasteiger charge is 2.05. The summed E-state index contributed by atoms with van der Waals surface area (Å²) in [6.07, 6.45) is 0. The summed E-state index contributed by atoms with van der Waals surface area (Å²) in [7, 11) is 0. The first kappa shape index (κ1) is 13.8. The summed E-state index contributed by atoms with van der Waals surface area (Å²) in [6.45, 7) is 2.37. The molecule has 0 saturated heterocycles. The lowest BCUT2D eigenvalue weighted by atomic mass is 10.1. The Kier molecular flexibility index (Phi) is 4.40. The van der Waals surface area contributed by atoms with E-state index in [1.807, 2.05) is 49.4 Å². The van der Waals surface area contributed by atoms with Crippen molar-refractivity contribution in [3.8, 4) is 5.75 Å². The summed E-state index contributed by atoms with van der Waals surface area (Å²) in [6, 6.07) is 13.3. The van der Waals surface area contributed by atoms with Gasteiger partial charge in [-0.25, -0.2) is 0 Å². The molecule has 4 heteroatoms. The van der Waals surface area contributed by atoms with Crippen LogP contribution in [0.5, 0.6) is 5.75 Å². The van der Waals surface area contributed by atoms with Gasteiger partial charge in [-0.2, -0.15) is 0 Å². The van der Waals surface area contributed by atoms with Crippen LogP contribution in [0.1, 0.15) is 16.7 Å². The van der Waals surface area contributed by atoms with Crippen LogP contribution >= 0.6 is 23.8 Å². The van der Waals surface area contributed by atoms with Crippen molar-refractivity contribution in [2.75, 3.05) is 0 Å². The van der Waals surface area contributed by atoms with Gasteiger partial charge in [-0.3, -0.25) is 0 Å². The quantitative estimate of drug-likeness (QED) is 0.869. The van der Waals surface area contributed by atoms with Crippen molar-refractivity contribution in [3.05, 3.63) is 64.2 Å². The Morgan fingerprint density at radius 1 is 1.26 bits per heavy atom.